The van der Waals surface area contributed by atoms with Crippen molar-refractivity contribution in [2.45, 2.75) is 52.7 Å². The smallest absolute Gasteiger partial charge is 0.304 e. The Kier molecular flexibility index (Phi) is 9.79. The van der Waals surface area contributed by atoms with Crippen molar-refractivity contribution in [2.24, 2.45) is 0 Å². The molecule has 2 rings (SSSR count). The lowest BCUT2D eigenvalue weighted by Crippen LogP contribution is -2.53. The Morgan fingerprint density at radius 1 is 1.00 bits per heavy atom. The van der Waals surface area contributed by atoms with Crippen LogP contribution in [-0.2, 0) is 26.3 Å². The summed E-state index contributed by atoms with van der Waals surface area (Å²) in [6.07, 6.45) is 0.726. The summed E-state index contributed by atoms with van der Waals surface area (Å²) in [6.45, 7) is 6.94. The molecule has 2 aromatic rings. The Morgan fingerprint density at radius 2 is 1.57 bits per heavy atom. The SMILES string of the molecule is CC[C@H](C)NC(=O)[C@@H](C)N(Cc1ccc(C)cc1)C(=O)CN(c1ccc(F)cc1)S(=O)(=O)N(C)C. The van der Waals surface area contributed by atoms with Crippen molar-refractivity contribution < 1.29 is 22.4 Å². The molecule has 192 valence electrons. The summed E-state index contributed by atoms with van der Waals surface area (Å²) in [4.78, 5) is 27.9. The molecule has 35 heavy (non-hydrogen) atoms. The minimum Gasteiger partial charge on any atom is -0.352 e. The number of hydrogen-bond acceptors (Lipinski definition) is 4. The first kappa shape index (κ1) is 28.3. The van der Waals surface area contributed by atoms with E-state index in [9.17, 15) is 22.4 Å². The Bertz CT molecular complexity index is 1110. The quantitative estimate of drug-likeness (QED) is 0.507. The summed E-state index contributed by atoms with van der Waals surface area (Å²) >= 11 is 0. The van der Waals surface area contributed by atoms with Gasteiger partial charge >= 0.3 is 10.2 Å². The highest BCUT2D eigenvalue weighted by Crippen LogP contribution is 2.21. The number of anilines is 1. The third-order valence-electron chi connectivity index (χ3n) is 5.78. The minimum atomic E-state index is -4.08. The molecule has 0 aliphatic heterocycles. The monoisotopic (exact) mass is 506 g/mol. The standard InChI is InChI=1S/C25H35FN4O4S/c1-7-19(3)27-25(32)20(4)29(16-21-10-8-18(2)9-11-21)24(31)17-30(35(33,34)28(5)6)23-14-12-22(26)13-15-23/h8-15,19-20H,7,16-17H2,1-6H3,(H,27,32)/t19-,20+/m0/s1. The largest absolute Gasteiger partial charge is 0.352 e. The van der Waals surface area contributed by atoms with Gasteiger partial charge in [0.1, 0.15) is 18.4 Å². The Morgan fingerprint density at radius 3 is 2.09 bits per heavy atom. The molecular formula is C25H35FN4O4S. The van der Waals surface area contributed by atoms with E-state index >= 15 is 0 Å². The molecule has 2 aromatic carbocycles. The molecule has 0 radical (unpaired) electrons. The average molecular weight is 507 g/mol. The molecule has 0 aliphatic carbocycles. The summed E-state index contributed by atoms with van der Waals surface area (Å²) in [5, 5.41) is 2.88. The number of nitrogens with zero attached hydrogens (tertiary/aromatic N) is 3. The summed E-state index contributed by atoms with van der Waals surface area (Å²) in [6, 6.07) is 11.5. The average Bonchev–Trinajstić information content (AvgIpc) is 2.81. The van der Waals surface area contributed by atoms with Crippen molar-refractivity contribution >= 4 is 27.7 Å². The second kappa shape index (κ2) is 12.1. The van der Waals surface area contributed by atoms with Gasteiger partial charge in [-0.2, -0.15) is 12.7 Å². The lowest BCUT2D eigenvalue weighted by molar-refractivity contribution is -0.139. The lowest BCUT2D eigenvalue weighted by atomic mass is 10.1. The van der Waals surface area contributed by atoms with Crippen LogP contribution in [0.15, 0.2) is 48.5 Å². The van der Waals surface area contributed by atoms with Crippen molar-refractivity contribution in [3.05, 3.63) is 65.5 Å². The van der Waals surface area contributed by atoms with Gasteiger partial charge < -0.3 is 10.2 Å². The van der Waals surface area contributed by atoms with Crippen LogP contribution in [0.3, 0.4) is 0 Å². The van der Waals surface area contributed by atoms with Crippen LogP contribution in [0.5, 0.6) is 0 Å². The molecule has 0 bridgehead atoms. The van der Waals surface area contributed by atoms with Crippen molar-refractivity contribution in [1.29, 1.82) is 0 Å². The number of nitrogens with one attached hydrogen (secondary N) is 1. The molecule has 0 saturated heterocycles. The Hall–Kier alpha value is -2.98. The second-order valence-electron chi connectivity index (χ2n) is 8.77. The molecule has 0 spiro atoms. The molecule has 1 N–H and O–H groups in total. The topological polar surface area (TPSA) is 90.0 Å². The van der Waals surface area contributed by atoms with Crippen molar-refractivity contribution in [3.8, 4) is 0 Å². The van der Waals surface area contributed by atoms with Crippen LogP contribution in [0.25, 0.3) is 0 Å². The van der Waals surface area contributed by atoms with E-state index in [0.717, 1.165) is 38.3 Å². The van der Waals surface area contributed by atoms with Gasteiger partial charge in [-0.3, -0.25) is 9.59 Å². The van der Waals surface area contributed by atoms with Crippen LogP contribution in [0.2, 0.25) is 0 Å². The van der Waals surface area contributed by atoms with Gasteiger partial charge in [-0.05, 0) is 57.0 Å². The Balaban J connectivity index is 2.43. The third kappa shape index (κ3) is 7.50. The van der Waals surface area contributed by atoms with E-state index in [1.807, 2.05) is 45.0 Å². The van der Waals surface area contributed by atoms with Gasteiger partial charge in [0.15, 0.2) is 0 Å². The first-order valence-electron chi connectivity index (χ1n) is 11.5. The summed E-state index contributed by atoms with van der Waals surface area (Å²) < 4.78 is 41.5. The molecule has 0 heterocycles. The summed E-state index contributed by atoms with van der Waals surface area (Å²) in [5.74, 6) is -1.42. The van der Waals surface area contributed by atoms with Gasteiger partial charge in [0.2, 0.25) is 11.8 Å². The van der Waals surface area contributed by atoms with Crippen molar-refractivity contribution in [1.82, 2.24) is 14.5 Å². The van der Waals surface area contributed by atoms with Crippen LogP contribution in [-0.4, -0.2) is 62.2 Å². The van der Waals surface area contributed by atoms with Crippen LogP contribution in [0, 0.1) is 12.7 Å². The molecule has 0 aromatic heterocycles. The summed E-state index contributed by atoms with van der Waals surface area (Å²) in [5.41, 5.74) is 1.99. The van der Waals surface area contributed by atoms with E-state index in [2.05, 4.69) is 5.32 Å². The number of halogens is 1. The van der Waals surface area contributed by atoms with Crippen LogP contribution >= 0.6 is 0 Å². The minimum absolute atomic E-state index is 0.0777. The van der Waals surface area contributed by atoms with Gasteiger partial charge in [0.25, 0.3) is 0 Å². The van der Waals surface area contributed by atoms with Crippen molar-refractivity contribution in [2.75, 3.05) is 24.9 Å². The van der Waals surface area contributed by atoms with E-state index in [1.54, 1.807) is 6.92 Å². The number of rotatable bonds is 11. The Labute approximate surface area is 207 Å². The fourth-order valence-corrected chi connectivity index (χ4v) is 4.32. The van der Waals surface area contributed by atoms with E-state index in [4.69, 9.17) is 0 Å². The van der Waals surface area contributed by atoms with Crippen molar-refractivity contribution in [3.63, 3.8) is 0 Å². The lowest BCUT2D eigenvalue weighted by Gasteiger charge is -2.33. The first-order chi connectivity index (χ1) is 16.4. The highest BCUT2D eigenvalue weighted by molar-refractivity contribution is 7.90. The molecule has 0 aliphatic rings. The second-order valence-corrected chi connectivity index (χ2v) is 10.8. The van der Waals surface area contributed by atoms with Crippen LogP contribution in [0.4, 0.5) is 10.1 Å². The van der Waals surface area contributed by atoms with E-state index < -0.39 is 34.5 Å². The van der Waals surface area contributed by atoms with E-state index in [1.165, 1.54) is 31.1 Å². The number of aryl methyl sites for hydroxylation is 1. The zero-order chi connectivity index (χ0) is 26.3. The third-order valence-corrected chi connectivity index (χ3v) is 7.60. The number of hydrogen-bond donors (Lipinski definition) is 1. The predicted octanol–water partition coefficient (Wildman–Crippen LogP) is 3.08. The number of amides is 2. The highest BCUT2D eigenvalue weighted by Gasteiger charge is 2.32. The molecule has 0 fully saturated rings. The molecule has 2 atom stereocenters. The first-order valence-corrected chi connectivity index (χ1v) is 12.9. The zero-order valence-corrected chi connectivity index (χ0v) is 22.0. The van der Waals surface area contributed by atoms with Gasteiger partial charge in [-0.1, -0.05) is 36.8 Å². The maximum Gasteiger partial charge on any atom is 0.304 e. The fraction of sp³-hybridized carbons (Fsp3) is 0.440. The van der Waals surface area contributed by atoms with E-state index in [-0.39, 0.29) is 24.2 Å². The molecule has 0 saturated carbocycles. The fourth-order valence-electron chi connectivity index (χ4n) is 3.26. The maximum atomic E-state index is 13.6. The van der Waals surface area contributed by atoms with E-state index in [0.29, 0.717) is 0 Å². The maximum absolute atomic E-state index is 13.6. The summed E-state index contributed by atoms with van der Waals surface area (Å²) in [7, 11) is -1.39. The molecule has 0 unspecified atom stereocenters. The normalized spacial score (nSPS) is 13.3. The zero-order valence-electron chi connectivity index (χ0n) is 21.2. The molecule has 2 amide bonds. The number of carbonyl (C=O) groups is 2. The number of carbonyl (C=O) groups excluding carboxylic acids is 2. The molecule has 10 heteroatoms. The molecule has 8 nitrogen and oxygen atoms in total. The predicted molar refractivity (Wildman–Crippen MR) is 135 cm³/mol. The van der Waals surface area contributed by atoms with Gasteiger partial charge in [0, 0.05) is 26.7 Å². The van der Waals surface area contributed by atoms with Crippen LogP contribution in [0.1, 0.15) is 38.3 Å². The molecular weight excluding hydrogens is 471 g/mol. The van der Waals surface area contributed by atoms with Gasteiger partial charge in [-0.25, -0.2) is 8.70 Å². The van der Waals surface area contributed by atoms with Crippen LogP contribution < -0.4 is 9.62 Å². The highest BCUT2D eigenvalue weighted by atomic mass is 32.2. The van der Waals surface area contributed by atoms with Gasteiger partial charge in [0.05, 0.1) is 5.69 Å². The van der Waals surface area contributed by atoms with Gasteiger partial charge in [-0.15, -0.1) is 0 Å². The number of benzene rings is 2.